The Kier molecular flexibility index (Phi) is 4.74. The van der Waals surface area contributed by atoms with Crippen molar-refractivity contribution in [3.05, 3.63) is 35.2 Å². The Morgan fingerprint density at radius 2 is 1.96 bits per heavy atom. The summed E-state index contributed by atoms with van der Waals surface area (Å²) in [6.45, 7) is 5.33. The Labute approximate surface area is 153 Å². The Hall–Kier alpha value is -2.07. The molecule has 0 unspecified atom stereocenters. The predicted octanol–water partition coefficient (Wildman–Crippen LogP) is 1.93. The largest absolute Gasteiger partial charge is 0.281 e. The quantitative estimate of drug-likeness (QED) is 0.799. The number of hydrogen-bond acceptors (Lipinski definition) is 5. The molecule has 2 N–H and O–H groups in total. The highest BCUT2D eigenvalue weighted by Crippen LogP contribution is 2.32. The van der Waals surface area contributed by atoms with Crippen LogP contribution in [0.1, 0.15) is 30.3 Å². The molecule has 2 aromatic rings. The molecule has 142 valence electrons. The van der Waals surface area contributed by atoms with E-state index in [0.717, 1.165) is 5.56 Å². The summed E-state index contributed by atoms with van der Waals surface area (Å²) in [4.78, 5) is 0.130. The van der Waals surface area contributed by atoms with Crippen LogP contribution in [0.15, 0.2) is 23.1 Å². The number of aryl methyl sites for hydroxylation is 3. The summed E-state index contributed by atoms with van der Waals surface area (Å²) in [5, 5.41) is 6.59. The van der Waals surface area contributed by atoms with E-state index in [1.165, 1.54) is 4.31 Å². The second kappa shape index (κ2) is 6.58. The smallest absolute Gasteiger partial charge is 0.265 e. The molecule has 1 aliphatic heterocycles. The zero-order valence-electron chi connectivity index (χ0n) is 14.9. The lowest BCUT2D eigenvalue weighted by atomic mass is 10.0. The molecule has 1 aromatic carbocycles. The molecule has 0 atom stereocenters. The molecule has 0 radical (unpaired) electrons. The number of H-pyrrole nitrogens is 1. The monoisotopic (exact) mass is 398 g/mol. The molecule has 0 amide bonds. The van der Waals surface area contributed by atoms with Crippen LogP contribution in [-0.4, -0.2) is 39.3 Å². The molecule has 1 aliphatic rings. The number of anilines is 2. The number of sulfonamides is 2. The zero-order chi connectivity index (χ0) is 19.1. The number of nitrogens with one attached hydrogen (secondary N) is 2. The van der Waals surface area contributed by atoms with Crippen LogP contribution in [-0.2, 0) is 26.5 Å². The number of hydrogen-bond donors (Lipinski definition) is 2. The fraction of sp³-hybridized carbons (Fsp3) is 0.438. The zero-order valence-corrected chi connectivity index (χ0v) is 16.5. The van der Waals surface area contributed by atoms with E-state index in [-0.39, 0.29) is 10.6 Å². The van der Waals surface area contributed by atoms with Crippen molar-refractivity contribution in [1.29, 1.82) is 0 Å². The maximum absolute atomic E-state index is 12.7. The topological polar surface area (TPSA) is 112 Å². The SMILES string of the molecule is CCS(=O)(=O)N1CCCc2cc(NS(=O)(=O)c3c(C)n[nH]c3C)ccc21. The van der Waals surface area contributed by atoms with Crippen LogP contribution in [0.25, 0.3) is 0 Å². The lowest BCUT2D eigenvalue weighted by Crippen LogP contribution is -2.36. The van der Waals surface area contributed by atoms with Gasteiger partial charge in [-0.15, -0.1) is 0 Å². The summed E-state index contributed by atoms with van der Waals surface area (Å²) in [5.41, 5.74) is 2.70. The third kappa shape index (κ3) is 3.30. The molecule has 8 nitrogen and oxygen atoms in total. The minimum Gasteiger partial charge on any atom is -0.281 e. The average molecular weight is 399 g/mol. The van der Waals surface area contributed by atoms with Gasteiger partial charge in [0.1, 0.15) is 4.90 Å². The minimum absolute atomic E-state index is 0.0276. The summed E-state index contributed by atoms with van der Waals surface area (Å²) in [6.07, 6.45) is 1.40. The average Bonchev–Trinajstić information content (AvgIpc) is 2.93. The van der Waals surface area contributed by atoms with Crippen molar-refractivity contribution in [2.45, 2.75) is 38.5 Å². The number of rotatable bonds is 5. The van der Waals surface area contributed by atoms with Gasteiger partial charge in [-0.1, -0.05) is 0 Å². The van der Waals surface area contributed by atoms with Crippen molar-refractivity contribution in [1.82, 2.24) is 10.2 Å². The molecule has 1 aromatic heterocycles. The number of aromatic nitrogens is 2. The summed E-state index contributed by atoms with van der Waals surface area (Å²) in [5.74, 6) is 0.0276. The van der Waals surface area contributed by atoms with E-state index in [9.17, 15) is 16.8 Å². The molecule has 0 spiro atoms. The maximum Gasteiger partial charge on any atom is 0.265 e. The van der Waals surface area contributed by atoms with Crippen molar-refractivity contribution in [3.63, 3.8) is 0 Å². The first kappa shape index (κ1) is 18.7. The molecule has 0 saturated heterocycles. The van der Waals surface area contributed by atoms with E-state index in [1.54, 1.807) is 39.0 Å². The first-order valence-electron chi connectivity index (χ1n) is 8.33. The van der Waals surface area contributed by atoms with Gasteiger partial charge in [-0.25, -0.2) is 16.8 Å². The van der Waals surface area contributed by atoms with Gasteiger partial charge in [-0.2, -0.15) is 5.10 Å². The van der Waals surface area contributed by atoms with Crippen LogP contribution in [0.2, 0.25) is 0 Å². The molecule has 0 fully saturated rings. The van der Waals surface area contributed by atoms with E-state index in [4.69, 9.17) is 0 Å². The normalized spacial score (nSPS) is 15.0. The van der Waals surface area contributed by atoms with Crippen LogP contribution in [0.5, 0.6) is 0 Å². The first-order valence-corrected chi connectivity index (χ1v) is 11.4. The van der Waals surface area contributed by atoms with Gasteiger partial charge in [0.25, 0.3) is 10.0 Å². The standard InChI is InChI=1S/C16H22N4O4S2/c1-4-25(21,22)20-9-5-6-13-10-14(7-8-15(13)20)19-26(23,24)16-11(2)17-18-12(16)3/h7-8,10,19H,4-6,9H2,1-3H3,(H,17,18). The summed E-state index contributed by atoms with van der Waals surface area (Å²) < 4.78 is 53.8. The van der Waals surface area contributed by atoms with E-state index >= 15 is 0 Å². The van der Waals surface area contributed by atoms with Crippen LogP contribution < -0.4 is 9.03 Å². The molecule has 2 heterocycles. The van der Waals surface area contributed by atoms with Gasteiger partial charge in [0.15, 0.2) is 0 Å². The highest BCUT2D eigenvalue weighted by Gasteiger charge is 2.27. The number of aromatic amines is 1. The van der Waals surface area contributed by atoms with Crippen molar-refractivity contribution < 1.29 is 16.8 Å². The highest BCUT2D eigenvalue weighted by atomic mass is 32.2. The third-order valence-electron chi connectivity index (χ3n) is 4.44. The maximum atomic E-state index is 12.7. The Morgan fingerprint density at radius 3 is 2.58 bits per heavy atom. The second-order valence-corrected chi connectivity index (χ2v) is 10.1. The van der Waals surface area contributed by atoms with E-state index < -0.39 is 20.0 Å². The van der Waals surface area contributed by atoms with Crippen LogP contribution >= 0.6 is 0 Å². The fourth-order valence-electron chi connectivity index (χ4n) is 3.21. The first-order chi connectivity index (χ1) is 12.2. The molecular formula is C16H22N4O4S2. The van der Waals surface area contributed by atoms with Crippen LogP contribution in [0.4, 0.5) is 11.4 Å². The van der Waals surface area contributed by atoms with Gasteiger partial charge in [0, 0.05) is 12.2 Å². The van der Waals surface area contributed by atoms with E-state index in [0.29, 0.717) is 42.1 Å². The Balaban J connectivity index is 1.95. The van der Waals surface area contributed by atoms with E-state index in [2.05, 4.69) is 14.9 Å². The molecule has 10 heteroatoms. The lowest BCUT2D eigenvalue weighted by molar-refractivity contribution is 0.587. The molecule has 26 heavy (non-hydrogen) atoms. The number of nitrogens with zero attached hydrogens (tertiary/aromatic N) is 2. The second-order valence-electron chi connectivity index (χ2n) is 6.29. The van der Waals surface area contributed by atoms with Crippen molar-refractivity contribution in [3.8, 4) is 0 Å². The van der Waals surface area contributed by atoms with Gasteiger partial charge in [-0.05, 0) is 57.4 Å². The summed E-state index contributed by atoms with van der Waals surface area (Å²) in [6, 6.07) is 4.95. The lowest BCUT2D eigenvalue weighted by Gasteiger charge is -2.30. The summed E-state index contributed by atoms with van der Waals surface area (Å²) >= 11 is 0. The van der Waals surface area contributed by atoms with Crippen molar-refractivity contribution in [2.24, 2.45) is 0 Å². The Morgan fingerprint density at radius 1 is 1.23 bits per heavy atom. The van der Waals surface area contributed by atoms with Crippen LogP contribution in [0, 0.1) is 13.8 Å². The van der Waals surface area contributed by atoms with Gasteiger partial charge < -0.3 is 0 Å². The molecule has 0 aliphatic carbocycles. The van der Waals surface area contributed by atoms with Gasteiger partial charge in [0.2, 0.25) is 10.0 Å². The predicted molar refractivity (Wildman–Crippen MR) is 100 cm³/mol. The van der Waals surface area contributed by atoms with Gasteiger partial charge in [0.05, 0.1) is 22.8 Å². The van der Waals surface area contributed by atoms with Crippen LogP contribution in [0.3, 0.4) is 0 Å². The minimum atomic E-state index is -3.78. The molecule has 3 rings (SSSR count). The number of benzene rings is 1. The molecular weight excluding hydrogens is 376 g/mol. The summed E-state index contributed by atoms with van der Waals surface area (Å²) in [7, 11) is -7.13. The van der Waals surface area contributed by atoms with Gasteiger partial charge in [-0.3, -0.25) is 14.1 Å². The fourth-order valence-corrected chi connectivity index (χ4v) is 5.83. The third-order valence-corrected chi connectivity index (χ3v) is 7.86. The van der Waals surface area contributed by atoms with Crippen molar-refractivity contribution in [2.75, 3.05) is 21.3 Å². The molecule has 0 bridgehead atoms. The highest BCUT2D eigenvalue weighted by molar-refractivity contribution is 7.93. The van der Waals surface area contributed by atoms with Crippen molar-refractivity contribution >= 4 is 31.4 Å². The van der Waals surface area contributed by atoms with E-state index in [1.807, 2.05) is 0 Å². The van der Waals surface area contributed by atoms with Gasteiger partial charge >= 0.3 is 0 Å². The Bertz CT molecular complexity index is 1020. The number of fused-ring (bicyclic) bond motifs is 1. The molecule has 0 saturated carbocycles.